The molecule has 0 amide bonds. The van der Waals surface area contributed by atoms with Crippen LogP contribution < -0.4 is 0 Å². The van der Waals surface area contributed by atoms with Gasteiger partial charge in [-0.3, -0.25) is 0 Å². The van der Waals surface area contributed by atoms with E-state index in [1.807, 2.05) is 11.3 Å². The first-order valence-electron chi connectivity index (χ1n) is 4.66. The first-order valence-corrected chi connectivity index (χ1v) is 6.27. The van der Waals surface area contributed by atoms with Crippen molar-refractivity contribution in [3.05, 3.63) is 20.8 Å². The highest BCUT2D eigenvalue weighted by molar-refractivity contribution is 9.11. The van der Waals surface area contributed by atoms with E-state index >= 15 is 0 Å². The largest absolute Gasteiger partial charge is 0.393 e. The highest BCUT2D eigenvalue weighted by Gasteiger charge is 2.23. The fraction of sp³-hybridized carbons (Fsp3) is 0.600. The van der Waals surface area contributed by atoms with Gasteiger partial charge in [0.05, 0.1) is 9.89 Å². The molecule has 1 aromatic rings. The zero-order valence-corrected chi connectivity index (χ0v) is 9.77. The van der Waals surface area contributed by atoms with Gasteiger partial charge in [-0.15, -0.1) is 11.3 Å². The van der Waals surface area contributed by atoms with Gasteiger partial charge in [-0.05, 0) is 59.7 Å². The molecule has 2 unspecified atom stereocenters. The molecule has 1 aliphatic carbocycles. The Balaban J connectivity index is 1.91. The van der Waals surface area contributed by atoms with Crippen LogP contribution in [0, 0.1) is 5.92 Å². The molecule has 1 aromatic heterocycles. The van der Waals surface area contributed by atoms with Gasteiger partial charge < -0.3 is 5.11 Å². The number of hydrogen-bond acceptors (Lipinski definition) is 2. The molecule has 13 heavy (non-hydrogen) atoms. The summed E-state index contributed by atoms with van der Waals surface area (Å²) in [6.07, 6.45) is 4.30. The Bertz CT molecular complexity index is 284. The molecule has 1 N–H and O–H groups in total. The highest BCUT2D eigenvalue weighted by Crippen LogP contribution is 2.31. The maximum Gasteiger partial charge on any atom is 0.0701 e. The van der Waals surface area contributed by atoms with Gasteiger partial charge >= 0.3 is 0 Å². The van der Waals surface area contributed by atoms with E-state index in [1.165, 1.54) is 15.1 Å². The zero-order chi connectivity index (χ0) is 9.26. The topological polar surface area (TPSA) is 20.2 Å². The Hall–Kier alpha value is 0.140. The van der Waals surface area contributed by atoms with Crippen molar-refractivity contribution in [3.8, 4) is 0 Å². The van der Waals surface area contributed by atoms with Crippen LogP contribution in [0.15, 0.2) is 15.9 Å². The van der Waals surface area contributed by atoms with Gasteiger partial charge in [0.1, 0.15) is 0 Å². The lowest BCUT2D eigenvalue weighted by Gasteiger charge is -2.06. The maximum atomic E-state index is 9.38. The summed E-state index contributed by atoms with van der Waals surface area (Å²) in [6.45, 7) is 0. The van der Waals surface area contributed by atoms with E-state index in [1.54, 1.807) is 0 Å². The lowest BCUT2D eigenvalue weighted by Crippen LogP contribution is -2.01. The van der Waals surface area contributed by atoms with Crippen molar-refractivity contribution >= 4 is 27.3 Å². The minimum absolute atomic E-state index is 0.0339. The number of aliphatic hydroxyl groups excluding tert-OH is 1. The Kier molecular flexibility index (Phi) is 3.06. The van der Waals surface area contributed by atoms with Crippen LogP contribution in [0.1, 0.15) is 24.1 Å². The standard InChI is InChI=1S/C10H13BrOS/c11-10-4-3-9(13-10)6-7-1-2-8(12)5-7/h3-4,7-8,12H,1-2,5-6H2. The number of aliphatic hydroxyl groups is 1. The Morgan fingerprint density at radius 3 is 2.85 bits per heavy atom. The summed E-state index contributed by atoms with van der Waals surface area (Å²) in [5.74, 6) is 0.709. The van der Waals surface area contributed by atoms with Gasteiger partial charge in [0.25, 0.3) is 0 Å². The average molecular weight is 261 g/mol. The second-order valence-corrected chi connectivity index (χ2v) is 6.29. The van der Waals surface area contributed by atoms with Gasteiger partial charge in [-0.25, -0.2) is 0 Å². The summed E-state index contributed by atoms with van der Waals surface area (Å²) < 4.78 is 1.21. The van der Waals surface area contributed by atoms with E-state index in [2.05, 4.69) is 28.1 Å². The van der Waals surface area contributed by atoms with Crippen LogP contribution >= 0.6 is 27.3 Å². The van der Waals surface area contributed by atoms with E-state index in [0.29, 0.717) is 5.92 Å². The summed E-state index contributed by atoms with van der Waals surface area (Å²) in [5.41, 5.74) is 0. The molecule has 72 valence electrons. The van der Waals surface area contributed by atoms with Gasteiger partial charge in [-0.2, -0.15) is 0 Å². The van der Waals surface area contributed by atoms with Crippen molar-refractivity contribution in [2.75, 3.05) is 0 Å². The molecule has 3 heteroatoms. The molecule has 0 saturated heterocycles. The summed E-state index contributed by atoms with van der Waals surface area (Å²) in [7, 11) is 0. The van der Waals surface area contributed by atoms with E-state index in [0.717, 1.165) is 19.3 Å². The molecule has 2 atom stereocenters. The number of halogens is 1. The van der Waals surface area contributed by atoms with Crippen molar-refractivity contribution in [2.45, 2.75) is 31.8 Å². The molecule has 0 aliphatic heterocycles. The van der Waals surface area contributed by atoms with Gasteiger partial charge in [-0.1, -0.05) is 0 Å². The van der Waals surface area contributed by atoms with Crippen molar-refractivity contribution in [1.29, 1.82) is 0 Å². The van der Waals surface area contributed by atoms with Crippen LogP contribution in [0.4, 0.5) is 0 Å². The van der Waals surface area contributed by atoms with Gasteiger partial charge in [0, 0.05) is 4.88 Å². The smallest absolute Gasteiger partial charge is 0.0701 e. The number of hydrogen-bond donors (Lipinski definition) is 1. The van der Waals surface area contributed by atoms with Crippen LogP contribution in [0.25, 0.3) is 0 Å². The second kappa shape index (κ2) is 4.11. The van der Waals surface area contributed by atoms with Crippen LogP contribution in [0.5, 0.6) is 0 Å². The zero-order valence-electron chi connectivity index (χ0n) is 7.37. The van der Waals surface area contributed by atoms with Crippen molar-refractivity contribution in [1.82, 2.24) is 0 Å². The second-order valence-electron chi connectivity index (χ2n) is 3.74. The third-order valence-electron chi connectivity index (χ3n) is 2.63. The minimum atomic E-state index is -0.0339. The molecule has 0 radical (unpaired) electrons. The van der Waals surface area contributed by atoms with Crippen molar-refractivity contribution in [3.63, 3.8) is 0 Å². The van der Waals surface area contributed by atoms with E-state index in [9.17, 15) is 5.11 Å². The van der Waals surface area contributed by atoms with E-state index < -0.39 is 0 Å². The predicted octanol–water partition coefficient (Wildman–Crippen LogP) is 3.21. The molecule has 1 aliphatic rings. The van der Waals surface area contributed by atoms with Crippen LogP contribution in [0.3, 0.4) is 0 Å². The fourth-order valence-corrected chi connectivity index (χ4v) is 3.58. The van der Waals surface area contributed by atoms with Crippen LogP contribution in [0.2, 0.25) is 0 Å². The first-order chi connectivity index (χ1) is 6.24. The highest BCUT2D eigenvalue weighted by atomic mass is 79.9. The molecule has 1 nitrogen and oxygen atoms in total. The third kappa shape index (κ3) is 2.55. The van der Waals surface area contributed by atoms with E-state index in [4.69, 9.17) is 0 Å². The van der Waals surface area contributed by atoms with Crippen LogP contribution in [-0.2, 0) is 6.42 Å². The Morgan fingerprint density at radius 1 is 1.46 bits per heavy atom. The Labute approximate surface area is 90.9 Å². The molecule has 1 saturated carbocycles. The van der Waals surface area contributed by atoms with Crippen molar-refractivity contribution < 1.29 is 5.11 Å². The van der Waals surface area contributed by atoms with Crippen molar-refractivity contribution in [2.24, 2.45) is 5.92 Å². The quantitative estimate of drug-likeness (QED) is 0.866. The predicted molar refractivity (Wildman–Crippen MR) is 59.1 cm³/mol. The van der Waals surface area contributed by atoms with Crippen LogP contribution in [-0.4, -0.2) is 11.2 Å². The van der Waals surface area contributed by atoms with Gasteiger partial charge in [0.2, 0.25) is 0 Å². The summed E-state index contributed by atoms with van der Waals surface area (Å²) in [5, 5.41) is 9.38. The SMILES string of the molecule is OC1CCC(Cc2ccc(Br)s2)C1. The Morgan fingerprint density at radius 2 is 2.31 bits per heavy atom. The molecule has 2 rings (SSSR count). The molecule has 0 spiro atoms. The summed E-state index contributed by atoms with van der Waals surface area (Å²) in [4.78, 5) is 1.44. The number of rotatable bonds is 2. The molecule has 0 bridgehead atoms. The van der Waals surface area contributed by atoms with Gasteiger partial charge in [0.15, 0.2) is 0 Å². The molecule has 1 fully saturated rings. The lowest BCUT2D eigenvalue weighted by atomic mass is 10.0. The summed E-state index contributed by atoms with van der Waals surface area (Å²) in [6, 6.07) is 4.28. The lowest BCUT2D eigenvalue weighted by molar-refractivity contribution is 0.177. The third-order valence-corrected chi connectivity index (χ3v) is 4.28. The minimum Gasteiger partial charge on any atom is -0.393 e. The molecular formula is C10H13BrOS. The first kappa shape index (κ1) is 9.69. The number of thiophene rings is 1. The maximum absolute atomic E-state index is 9.38. The average Bonchev–Trinajstić information content (AvgIpc) is 2.62. The fourth-order valence-electron chi connectivity index (χ4n) is 1.98. The molecule has 0 aromatic carbocycles. The molecule has 1 heterocycles. The summed E-state index contributed by atoms with van der Waals surface area (Å²) >= 11 is 5.27. The monoisotopic (exact) mass is 260 g/mol. The van der Waals surface area contributed by atoms with E-state index in [-0.39, 0.29) is 6.10 Å². The molecular weight excluding hydrogens is 248 g/mol. The normalized spacial score (nSPS) is 28.2.